The highest BCUT2D eigenvalue weighted by atomic mass is 16.3. The summed E-state index contributed by atoms with van der Waals surface area (Å²) in [6.45, 7) is -0.597. The molecule has 0 aromatic heterocycles. The molecule has 3 atom stereocenters. The first kappa shape index (κ1) is 10.8. The summed E-state index contributed by atoms with van der Waals surface area (Å²) in [7, 11) is 0. The van der Waals surface area contributed by atoms with Crippen molar-refractivity contribution in [1.29, 1.82) is 0 Å². The van der Waals surface area contributed by atoms with Crippen LogP contribution < -0.4 is 5.73 Å². The fourth-order valence-electron chi connectivity index (χ4n) is 0.696. The van der Waals surface area contributed by atoms with Crippen LogP contribution in [0.15, 0.2) is 0 Å². The Morgan fingerprint density at radius 3 is 2.09 bits per heavy atom. The molecule has 5 nitrogen and oxygen atoms in total. The summed E-state index contributed by atoms with van der Waals surface area (Å²) in [5, 5.41) is 34.9. The minimum atomic E-state index is -1.17. The number of nitrogens with two attached hydrogens (primary N) is 1. The molecule has 68 valence electrons. The van der Waals surface area contributed by atoms with Crippen molar-refractivity contribution in [3.8, 4) is 0 Å². The van der Waals surface area contributed by atoms with Crippen LogP contribution in [0.25, 0.3) is 0 Å². The smallest absolute Gasteiger partial charge is 0.0972 e. The molecular formula is C6H15NO4. The molecule has 0 bridgehead atoms. The predicted octanol–water partition coefficient (Wildman–Crippen LogP) is -2.59. The zero-order valence-corrected chi connectivity index (χ0v) is 6.22. The lowest BCUT2D eigenvalue weighted by molar-refractivity contribution is -0.0179. The molecule has 0 rings (SSSR count). The van der Waals surface area contributed by atoms with Crippen molar-refractivity contribution < 1.29 is 20.4 Å². The lowest BCUT2D eigenvalue weighted by atomic mass is 10.1. The summed E-state index contributed by atoms with van der Waals surface area (Å²) in [6.07, 6.45) is -2.18. The topological polar surface area (TPSA) is 107 Å². The molecule has 0 aliphatic carbocycles. The molecule has 6 N–H and O–H groups in total. The van der Waals surface area contributed by atoms with Crippen molar-refractivity contribution in [2.45, 2.75) is 24.7 Å². The standard InChI is InChI=1S/C6H15NO4/c7-4(3-9)6(11)5(10)1-2-8/h4-6,8-11H,1-3,7H2/t4-,5+,6+/m0/s1. The van der Waals surface area contributed by atoms with Gasteiger partial charge in [-0.1, -0.05) is 0 Å². The van der Waals surface area contributed by atoms with Gasteiger partial charge in [0.1, 0.15) is 0 Å². The molecule has 11 heavy (non-hydrogen) atoms. The highest BCUT2D eigenvalue weighted by Crippen LogP contribution is 2.01. The van der Waals surface area contributed by atoms with Crippen LogP contribution in [0.3, 0.4) is 0 Å². The van der Waals surface area contributed by atoms with Gasteiger partial charge in [0.15, 0.2) is 0 Å². The Kier molecular flexibility index (Phi) is 5.35. The lowest BCUT2D eigenvalue weighted by Crippen LogP contribution is -2.45. The average Bonchev–Trinajstić information content (AvgIpc) is 2.02. The maximum Gasteiger partial charge on any atom is 0.0972 e. The van der Waals surface area contributed by atoms with Crippen LogP contribution in [0.4, 0.5) is 0 Å². The van der Waals surface area contributed by atoms with E-state index < -0.39 is 18.2 Å². The van der Waals surface area contributed by atoms with E-state index in [1.165, 1.54) is 0 Å². The molecule has 0 heterocycles. The maximum absolute atomic E-state index is 9.07. The molecule has 0 amide bonds. The van der Waals surface area contributed by atoms with Gasteiger partial charge in [0.25, 0.3) is 0 Å². The van der Waals surface area contributed by atoms with Crippen LogP contribution in [0.2, 0.25) is 0 Å². The van der Waals surface area contributed by atoms with E-state index in [0.717, 1.165) is 0 Å². The van der Waals surface area contributed by atoms with Crippen LogP contribution in [0.1, 0.15) is 6.42 Å². The Morgan fingerprint density at radius 2 is 1.73 bits per heavy atom. The van der Waals surface area contributed by atoms with Gasteiger partial charge in [-0.15, -0.1) is 0 Å². The number of rotatable bonds is 5. The molecule has 0 aromatic rings. The van der Waals surface area contributed by atoms with Gasteiger partial charge in [0.05, 0.1) is 24.9 Å². The molecule has 5 heteroatoms. The largest absolute Gasteiger partial charge is 0.396 e. The normalized spacial score (nSPS) is 19.4. The third-order valence-electron chi connectivity index (χ3n) is 1.47. The minimum absolute atomic E-state index is 0.0644. The third kappa shape index (κ3) is 3.64. The first-order chi connectivity index (χ1) is 5.13. The van der Waals surface area contributed by atoms with Gasteiger partial charge in [-0.05, 0) is 6.42 Å². The molecule has 0 saturated carbocycles. The minimum Gasteiger partial charge on any atom is -0.396 e. The molecular weight excluding hydrogens is 150 g/mol. The van der Waals surface area contributed by atoms with Gasteiger partial charge in [0, 0.05) is 6.61 Å². The predicted molar refractivity (Wildman–Crippen MR) is 38.8 cm³/mol. The summed E-state index contributed by atoms with van der Waals surface area (Å²) in [5.41, 5.74) is 5.21. The summed E-state index contributed by atoms with van der Waals surface area (Å²) >= 11 is 0. The maximum atomic E-state index is 9.07. The van der Waals surface area contributed by atoms with Crippen LogP contribution in [-0.2, 0) is 0 Å². The number of aliphatic hydroxyl groups is 4. The summed E-state index contributed by atoms with van der Waals surface area (Å²) < 4.78 is 0. The highest BCUT2D eigenvalue weighted by molar-refractivity contribution is 4.77. The van der Waals surface area contributed by atoms with Gasteiger partial charge >= 0.3 is 0 Å². The van der Waals surface area contributed by atoms with Crippen molar-refractivity contribution in [2.24, 2.45) is 5.73 Å². The SMILES string of the molecule is N[C@@H](CO)[C@@H](O)[C@H](O)CCO. The first-order valence-corrected chi connectivity index (χ1v) is 3.47. The summed E-state index contributed by atoms with van der Waals surface area (Å²) in [5.74, 6) is 0. The zero-order valence-electron chi connectivity index (χ0n) is 6.22. The highest BCUT2D eigenvalue weighted by Gasteiger charge is 2.21. The van der Waals surface area contributed by atoms with E-state index >= 15 is 0 Å². The quantitative estimate of drug-likeness (QED) is 0.307. The van der Waals surface area contributed by atoms with Gasteiger partial charge in [-0.25, -0.2) is 0 Å². The Hall–Kier alpha value is -0.200. The van der Waals surface area contributed by atoms with E-state index in [9.17, 15) is 0 Å². The fourth-order valence-corrected chi connectivity index (χ4v) is 0.696. The van der Waals surface area contributed by atoms with E-state index in [1.54, 1.807) is 0 Å². The summed E-state index contributed by atoms with van der Waals surface area (Å²) in [6, 6.07) is -0.850. The average molecular weight is 165 g/mol. The Morgan fingerprint density at radius 1 is 1.18 bits per heavy atom. The van der Waals surface area contributed by atoms with Crippen LogP contribution in [0, 0.1) is 0 Å². The van der Waals surface area contributed by atoms with Crippen molar-refractivity contribution >= 4 is 0 Å². The van der Waals surface area contributed by atoms with Crippen LogP contribution >= 0.6 is 0 Å². The molecule has 0 aromatic carbocycles. The lowest BCUT2D eigenvalue weighted by Gasteiger charge is -2.21. The van der Waals surface area contributed by atoms with E-state index in [1.807, 2.05) is 0 Å². The van der Waals surface area contributed by atoms with E-state index in [-0.39, 0.29) is 19.6 Å². The molecule has 0 unspecified atom stereocenters. The van der Waals surface area contributed by atoms with Crippen LogP contribution in [-0.4, -0.2) is 51.9 Å². The monoisotopic (exact) mass is 165 g/mol. The Bertz CT molecular complexity index is 101. The van der Waals surface area contributed by atoms with Crippen molar-refractivity contribution in [3.63, 3.8) is 0 Å². The van der Waals surface area contributed by atoms with Crippen molar-refractivity contribution in [2.75, 3.05) is 13.2 Å². The second-order valence-corrected chi connectivity index (χ2v) is 2.42. The van der Waals surface area contributed by atoms with Crippen molar-refractivity contribution in [3.05, 3.63) is 0 Å². The molecule has 0 aliphatic rings. The molecule has 0 aliphatic heterocycles. The first-order valence-electron chi connectivity index (χ1n) is 3.47. The van der Waals surface area contributed by atoms with E-state index in [4.69, 9.17) is 26.2 Å². The molecule has 0 spiro atoms. The zero-order chi connectivity index (χ0) is 8.85. The van der Waals surface area contributed by atoms with Crippen molar-refractivity contribution in [1.82, 2.24) is 0 Å². The second-order valence-electron chi connectivity index (χ2n) is 2.42. The van der Waals surface area contributed by atoms with Crippen LogP contribution in [0.5, 0.6) is 0 Å². The van der Waals surface area contributed by atoms with Gasteiger partial charge in [-0.2, -0.15) is 0 Å². The third-order valence-corrected chi connectivity index (χ3v) is 1.47. The van der Waals surface area contributed by atoms with E-state index in [0.29, 0.717) is 0 Å². The van der Waals surface area contributed by atoms with Gasteiger partial charge in [0.2, 0.25) is 0 Å². The molecule has 0 radical (unpaired) electrons. The Labute approximate surface area is 65.1 Å². The Balaban J connectivity index is 3.70. The molecule has 0 saturated heterocycles. The van der Waals surface area contributed by atoms with Gasteiger partial charge < -0.3 is 26.2 Å². The van der Waals surface area contributed by atoms with Gasteiger partial charge in [-0.3, -0.25) is 0 Å². The van der Waals surface area contributed by atoms with E-state index in [2.05, 4.69) is 0 Å². The fraction of sp³-hybridized carbons (Fsp3) is 1.00. The number of aliphatic hydroxyl groups excluding tert-OH is 4. The molecule has 0 fully saturated rings. The number of hydrogen-bond acceptors (Lipinski definition) is 5. The number of hydrogen-bond donors (Lipinski definition) is 5. The second kappa shape index (κ2) is 5.45. The summed E-state index contributed by atoms with van der Waals surface area (Å²) in [4.78, 5) is 0.